The number of hydrogen-bond acceptors (Lipinski definition) is 4. The molecular formula is C23H24N4O4. The van der Waals surface area contributed by atoms with Gasteiger partial charge in [-0.25, -0.2) is 14.6 Å². The molecule has 0 aliphatic carbocycles. The van der Waals surface area contributed by atoms with Crippen molar-refractivity contribution in [2.45, 2.75) is 32.9 Å². The molecule has 8 heteroatoms. The van der Waals surface area contributed by atoms with Gasteiger partial charge in [-0.2, -0.15) is 0 Å². The quantitative estimate of drug-likeness (QED) is 0.544. The highest BCUT2D eigenvalue weighted by molar-refractivity contribution is 5.92. The average molecular weight is 420 g/mol. The van der Waals surface area contributed by atoms with E-state index in [1.807, 2.05) is 61.5 Å². The number of aromatic nitrogens is 2. The zero-order valence-corrected chi connectivity index (χ0v) is 17.3. The monoisotopic (exact) mass is 420 g/mol. The summed E-state index contributed by atoms with van der Waals surface area (Å²) in [4.78, 5) is 41.0. The number of hydrogen-bond donors (Lipinski definition) is 3. The topological polar surface area (TPSA) is 113 Å². The lowest BCUT2D eigenvalue weighted by Crippen LogP contribution is -2.45. The lowest BCUT2D eigenvalue weighted by atomic mass is 10.0. The fourth-order valence-electron chi connectivity index (χ4n) is 3.09. The number of urea groups is 1. The SMILES string of the molecule is Cc1ccc(CC(NC(=O)Nc2cnc(C)n(Cc3ccccc3)c2=O)C(=O)O)cc1. The molecule has 0 saturated carbocycles. The highest BCUT2D eigenvalue weighted by Crippen LogP contribution is 2.08. The number of anilines is 1. The van der Waals surface area contributed by atoms with E-state index in [1.54, 1.807) is 6.92 Å². The molecule has 31 heavy (non-hydrogen) atoms. The Hall–Kier alpha value is -3.94. The van der Waals surface area contributed by atoms with Crippen molar-refractivity contribution in [2.75, 3.05) is 5.32 Å². The van der Waals surface area contributed by atoms with Gasteiger partial charge in [0.25, 0.3) is 5.56 Å². The number of nitrogens with one attached hydrogen (secondary N) is 2. The second-order valence-electron chi connectivity index (χ2n) is 7.27. The molecule has 3 aromatic rings. The van der Waals surface area contributed by atoms with Crippen LogP contribution in [0.15, 0.2) is 65.6 Å². The molecule has 0 spiro atoms. The Morgan fingerprint density at radius 1 is 1.03 bits per heavy atom. The Morgan fingerprint density at radius 2 is 1.71 bits per heavy atom. The molecule has 0 aliphatic heterocycles. The van der Waals surface area contributed by atoms with Crippen LogP contribution in [0.4, 0.5) is 10.5 Å². The maximum absolute atomic E-state index is 12.8. The van der Waals surface area contributed by atoms with E-state index in [1.165, 1.54) is 10.8 Å². The molecule has 1 atom stereocenters. The molecule has 0 saturated heterocycles. The van der Waals surface area contributed by atoms with Gasteiger partial charge in [-0.1, -0.05) is 60.2 Å². The van der Waals surface area contributed by atoms with Gasteiger partial charge >= 0.3 is 12.0 Å². The third-order valence-electron chi connectivity index (χ3n) is 4.84. The molecule has 3 N–H and O–H groups in total. The van der Waals surface area contributed by atoms with Crippen LogP contribution in [-0.2, 0) is 17.8 Å². The molecule has 3 rings (SSSR count). The summed E-state index contributed by atoms with van der Waals surface area (Å²) in [5.41, 5.74) is 2.30. The third kappa shape index (κ3) is 5.79. The number of carbonyl (C=O) groups excluding carboxylic acids is 1. The van der Waals surface area contributed by atoms with Gasteiger partial charge in [0.05, 0.1) is 12.7 Å². The van der Waals surface area contributed by atoms with Crippen LogP contribution < -0.4 is 16.2 Å². The molecule has 0 fully saturated rings. The summed E-state index contributed by atoms with van der Waals surface area (Å²) >= 11 is 0. The molecule has 160 valence electrons. The first-order valence-corrected chi connectivity index (χ1v) is 9.79. The van der Waals surface area contributed by atoms with Gasteiger partial charge < -0.3 is 15.7 Å². The van der Waals surface area contributed by atoms with Gasteiger partial charge in [0.1, 0.15) is 17.6 Å². The number of benzene rings is 2. The minimum absolute atomic E-state index is 0.0292. The van der Waals surface area contributed by atoms with E-state index in [-0.39, 0.29) is 12.1 Å². The number of rotatable bonds is 7. The third-order valence-corrected chi connectivity index (χ3v) is 4.84. The zero-order chi connectivity index (χ0) is 22.4. The van der Waals surface area contributed by atoms with E-state index in [2.05, 4.69) is 15.6 Å². The van der Waals surface area contributed by atoms with Crippen molar-refractivity contribution in [3.8, 4) is 0 Å². The van der Waals surface area contributed by atoms with Crippen molar-refractivity contribution < 1.29 is 14.7 Å². The van der Waals surface area contributed by atoms with Crippen molar-refractivity contribution in [1.82, 2.24) is 14.9 Å². The van der Waals surface area contributed by atoms with Gasteiger partial charge in [0.15, 0.2) is 0 Å². The minimum Gasteiger partial charge on any atom is -0.480 e. The number of amides is 2. The van der Waals surface area contributed by atoms with E-state index in [9.17, 15) is 19.5 Å². The van der Waals surface area contributed by atoms with E-state index in [4.69, 9.17) is 0 Å². The number of aryl methyl sites for hydroxylation is 2. The number of carboxylic acids is 1. The van der Waals surface area contributed by atoms with Crippen molar-refractivity contribution in [3.63, 3.8) is 0 Å². The van der Waals surface area contributed by atoms with E-state index < -0.39 is 23.6 Å². The average Bonchev–Trinajstić information content (AvgIpc) is 2.75. The molecule has 8 nitrogen and oxygen atoms in total. The van der Waals surface area contributed by atoms with Crippen LogP contribution in [0.1, 0.15) is 22.5 Å². The van der Waals surface area contributed by atoms with E-state index in [0.717, 1.165) is 16.7 Å². The van der Waals surface area contributed by atoms with Gasteiger partial charge in [-0.3, -0.25) is 9.36 Å². The highest BCUT2D eigenvalue weighted by atomic mass is 16.4. The lowest BCUT2D eigenvalue weighted by Gasteiger charge is -2.16. The number of carbonyl (C=O) groups is 2. The van der Waals surface area contributed by atoms with Crippen LogP contribution in [0.25, 0.3) is 0 Å². The van der Waals surface area contributed by atoms with Crippen LogP contribution >= 0.6 is 0 Å². The standard InChI is InChI=1S/C23H24N4O4/c1-15-8-10-17(11-9-15)12-19(22(29)30)25-23(31)26-20-13-24-16(2)27(21(20)28)14-18-6-4-3-5-7-18/h3-11,13,19H,12,14H2,1-2H3,(H,29,30)(H2,25,26,31). The smallest absolute Gasteiger partial charge is 0.326 e. The first-order chi connectivity index (χ1) is 14.8. The Balaban J connectivity index is 1.72. The van der Waals surface area contributed by atoms with Gasteiger partial charge in [-0.15, -0.1) is 0 Å². The number of nitrogens with zero attached hydrogens (tertiary/aromatic N) is 2. The summed E-state index contributed by atoms with van der Waals surface area (Å²) < 4.78 is 1.45. The van der Waals surface area contributed by atoms with Crippen molar-refractivity contribution in [1.29, 1.82) is 0 Å². The first kappa shape index (κ1) is 21.8. The molecule has 0 aliphatic rings. The maximum atomic E-state index is 12.8. The summed E-state index contributed by atoms with van der Waals surface area (Å²) in [5.74, 6) is -0.665. The molecule has 2 aromatic carbocycles. The van der Waals surface area contributed by atoms with Crippen molar-refractivity contribution in [2.24, 2.45) is 0 Å². The molecule has 1 unspecified atom stereocenters. The molecule has 1 heterocycles. The summed E-state index contributed by atoms with van der Waals surface area (Å²) in [5, 5.41) is 14.3. The van der Waals surface area contributed by atoms with Crippen LogP contribution in [0.3, 0.4) is 0 Å². The van der Waals surface area contributed by atoms with Crippen molar-refractivity contribution in [3.05, 3.63) is 93.7 Å². The number of carboxylic acid groups (broad SMARTS) is 1. The molecule has 2 amide bonds. The molecular weight excluding hydrogens is 396 g/mol. The van der Waals surface area contributed by atoms with Gasteiger partial charge in [0.2, 0.25) is 0 Å². The predicted octanol–water partition coefficient (Wildman–Crippen LogP) is 2.73. The van der Waals surface area contributed by atoms with E-state index >= 15 is 0 Å². The zero-order valence-electron chi connectivity index (χ0n) is 17.3. The summed E-state index contributed by atoms with van der Waals surface area (Å²) in [6.45, 7) is 3.95. The van der Waals surface area contributed by atoms with Crippen LogP contribution in [0.5, 0.6) is 0 Å². The minimum atomic E-state index is -1.17. The Labute approximate surface area is 179 Å². The van der Waals surface area contributed by atoms with Crippen molar-refractivity contribution >= 4 is 17.7 Å². The molecule has 0 bridgehead atoms. The summed E-state index contributed by atoms with van der Waals surface area (Å²) in [7, 11) is 0. The second kappa shape index (κ2) is 9.71. The fraction of sp³-hybridized carbons (Fsp3) is 0.217. The molecule has 0 radical (unpaired) electrons. The first-order valence-electron chi connectivity index (χ1n) is 9.79. The summed E-state index contributed by atoms with van der Waals surface area (Å²) in [6.07, 6.45) is 1.39. The lowest BCUT2D eigenvalue weighted by molar-refractivity contribution is -0.139. The van der Waals surface area contributed by atoms with E-state index in [0.29, 0.717) is 12.4 Å². The van der Waals surface area contributed by atoms with Crippen LogP contribution in [0, 0.1) is 13.8 Å². The normalized spacial score (nSPS) is 11.5. The van der Waals surface area contributed by atoms with Gasteiger partial charge in [0, 0.05) is 6.42 Å². The van der Waals surface area contributed by atoms with Crippen LogP contribution in [-0.4, -0.2) is 32.7 Å². The number of aliphatic carboxylic acids is 1. The fourth-order valence-corrected chi connectivity index (χ4v) is 3.09. The highest BCUT2D eigenvalue weighted by Gasteiger charge is 2.21. The van der Waals surface area contributed by atoms with Gasteiger partial charge in [-0.05, 0) is 25.0 Å². The molecule has 1 aromatic heterocycles. The summed E-state index contributed by atoms with van der Waals surface area (Å²) in [6, 6.07) is 14.9. The maximum Gasteiger partial charge on any atom is 0.326 e. The largest absolute Gasteiger partial charge is 0.480 e. The Morgan fingerprint density at radius 3 is 2.35 bits per heavy atom. The predicted molar refractivity (Wildman–Crippen MR) is 117 cm³/mol. The second-order valence-corrected chi connectivity index (χ2v) is 7.27. The Kier molecular flexibility index (Phi) is 6.81. The van der Waals surface area contributed by atoms with Crippen LogP contribution in [0.2, 0.25) is 0 Å². The Bertz CT molecular complexity index is 1120.